The van der Waals surface area contributed by atoms with Crippen molar-refractivity contribution in [1.82, 2.24) is 0 Å². The molecule has 1 aliphatic heterocycles. The van der Waals surface area contributed by atoms with Gasteiger partial charge < -0.3 is 9.64 Å². The Kier molecular flexibility index (Phi) is 3.72. The Labute approximate surface area is 118 Å². The number of halogens is 1. The molecule has 1 heterocycles. The van der Waals surface area contributed by atoms with E-state index >= 15 is 0 Å². The van der Waals surface area contributed by atoms with Crippen LogP contribution in [0.4, 0.5) is 5.69 Å². The molecule has 0 saturated carbocycles. The van der Waals surface area contributed by atoms with E-state index in [2.05, 4.69) is 29.2 Å². The maximum atomic E-state index is 6.06. The number of benzene rings is 2. The summed E-state index contributed by atoms with van der Waals surface area (Å²) in [5.74, 6) is 0.521. The summed E-state index contributed by atoms with van der Waals surface area (Å²) in [5.41, 5.74) is 2.34. The Bertz CT molecular complexity index is 469. The first-order valence-electron chi connectivity index (χ1n) is 6.46. The zero-order valence-electron chi connectivity index (χ0n) is 10.6. The molecular formula is C16H16ClNO. The standard InChI is InChI=1S/C16H16ClNO/c17-11-15-12-18(14-9-5-2-6-10-14)16(19-15)13-7-3-1-4-8-13/h1-10,15-16H,11-12H2/t15-,16-/m1/s1. The van der Waals surface area contributed by atoms with Crippen LogP contribution in [0.25, 0.3) is 0 Å². The molecule has 0 aromatic heterocycles. The first-order chi connectivity index (χ1) is 9.38. The van der Waals surface area contributed by atoms with Crippen LogP contribution in [0.15, 0.2) is 60.7 Å². The van der Waals surface area contributed by atoms with Crippen molar-refractivity contribution >= 4 is 17.3 Å². The molecule has 0 unspecified atom stereocenters. The molecule has 19 heavy (non-hydrogen) atoms. The van der Waals surface area contributed by atoms with Crippen molar-refractivity contribution in [2.45, 2.75) is 12.3 Å². The molecule has 1 fully saturated rings. The quantitative estimate of drug-likeness (QED) is 0.788. The summed E-state index contributed by atoms with van der Waals surface area (Å²) in [7, 11) is 0. The highest BCUT2D eigenvalue weighted by Gasteiger charge is 2.33. The second kappa shape index (κ2) is 5.64. The van der Waals surface area contributed by atoms with Crippen molar-refractivity contribution in [2.75, 3.05) is 17.3 Å². The topological polar surface area (TPSA) is 12.5 Å². The fraction of sp³-hybridized carbons (Fsp3) is 0.250. The third-order valence-electron chi connectivity index (χ3n) is 3.35. The molecule has 2 atom stereocenters. The van der Waals surface area contributed by atoms with E-state index in [-0.39, 0.29) is 12.3 Å². The van der Waals surface area contributed by atoms with Crippen LogP contribution in [0.5, 0.6) is 0 Å². The minimum absolute atomic E-state index is 0.0488. The number of hydrogen-bond acceptors (Lipinski definition) is 2. The molecule has 2 aromatic rings. The van der Waals surface area contributed by atoms with Gasteiger partial charge in [0.25, 0.3) is 0 Å². The maximum Gasteiger partial charge on any atom is 0.157 e. The largest absolute Gasteiger partial charge is 0.348 e. The van der Waals surface area contributed by atoms with E-state index in [1.165, 1.54) is 11.3 Å². The number of alkyl halides is 1. The van der Waals surface area contributed by atoms with Gasteiger partial charge in [0.15, 0.2) is 6.23 Å². The Balaban J connectivity index is 1.92. The van der Waals surface area contributed by atoms with Crippen LogP contribution < -0.4 is 4.90 Å². The van der Waals surface area contributed by atoms with Gasteiger partial charge in [0.1, 0.15) is 0 Å². The fourth-order valence-corrected chi connectivity index (χ4v) is 2.61. The van der Waals surface area contributed by atoms with Crippen LogP contribution >= 0.6 is 11.6 Å². The summed E-state index contributed by atoms with van der Waals surface area (Å²) in [5, 5.41) is 0. The molecule has 98 valence electrons. The molecule has 0 aliphatic carbocycles. The van der Waals surface area contributed by atoms with Crippen molar-refractivity contribution < 1.29 is 4.74 Å². The van der Waals surface area contributed by atoms with Gasteiger partial charge in [-0.05, 0) is 12.1 Å². The van der Waals surface area contributed by atoms with Crippen molar-refractivity contribution in [3.63, 3.8) is 0 Å². The predicted octanol–water partition coefficient (Wildman–Crippen LogP) is 3.83. The normalized spacial score (nSPS) is 22.7. The van der Waals surface area contributed by atoms with Gasteiger partial charge in [0.05, 0.1) is 12.0 Å². The molecule has 3 rings (SSSR count). The lowest BCUT2D eigenvalue weighted by Gasteiger charge is -2.25. The van der Waals surface area contributed by atoms with Gasteiger partial charge in [0, 0.05) is 17.8 Å². The summed E-state index contributed by atoms with van der Waals surface area (Å²) in [4.78, 5) is 2.27. The summed E-state index contributed by atoms with van der Waals surface area (Å²) >= 11 is 5.96. The van der Waals surface area contributed by atoms with Gasteiger partial charge >= 0.3 is 0 Å². The molecule has 0 bridgehead atoms. The van der Waals surface area contributed by atoms with E-state index in [0.29, 0.717) is 5.88 Å². The molecule has 0 N–H and O–H groups in total. The monoisotopic (exact) mass is 273 g/mol. The van der Waals surface area contributed by atoms with E-state index in [1.54, 1.807) is 0 Å². The van der Waals surface area contributed by atoms with Gasteiger partial charge in [-0.25, -0.2) is 0 Å². The summed E-state index contributed by atoms with van der Waals surface area (Å²) in [6.45, 7) is 0.826. The van der Waals surface area contributed by atoms with Crippen LogP contribution in [0.2, 0.25) is 0 Å². The molecule has 3 heteroatoms. The van der Waals surface area contributed by atoms with E-state index < -0.39 is 0 Å². The van der Waals surface area contributed by atoms with E-state index in [4.69, 9.17) is 16.3 Å². The third-order valence-corrected chi connectivity index (χ3v) is 3.69. The number of hydrogen-bond donors (Lipinski definition) is 0. The van der Waals surface area contributed by atoms with Crippen LogP contribution in [-0.4, -0.2) is 18.5 Å². The van der Waals surface area contributed by atoms with Crippen molar-refractivity contribution in [3.8, 4) is 0 Å². The van der Waals surface area contributed by atoms with E-state index in [1.807, 2.05) is 36.4 Å². The zero-order chi connectivity index (χ0) is 13.1. The Morgan fingerprint density at radius 3 is 2.26 bits per heavy atom. The highest BCUT2D eigenvalue weighted by molar-refractivity contribution is 6.18. The summed E-state index contributed by atoms with van der Waals surface area (Å²) in [6.07, 6.45) is 0.0272. The Morgan fingerprint density at radius 1 is 1.00 bits per heavy atom. The Hall–Kier alpha value is -1.51. The Morgan fingerprint density at radius 2 is 1.63 bits per heavy atom. The molecule has 1 aliphatic rings. The predicted molar refractivity (Wildman–Crippen MR) is 78.6 cm³/mol. The minimum atomic E-state index is -0.0488. The number of para-hydroxylation sites is 1. The lowest BCUT2D eigenvalue weighted by molar-refractivity contribution is 0.0606. The number of rotatable bonds is 3. The SMILES string of the molecule is ClC[C@@H]1CN(c2ccccc2)[C@@H](c2ccccc2)O1. The summed E-state index contributed by atoms with van der Waals surface area (Å²) in [6, 6.07) is 20.6. The van der Waals surface area contributed by atoms with E-state index in [0.717, 1.165) is 6.54 Å². The average Bonchev–Trinajstić information content (AvgIpc) is 2.93. The first kappa shape index (κ1) is 12.5. The molecule has 2 nitrogen and oxygen atoms in total. The van der Waals surface area contributed by atoms with Crippen LogP contribution in [0, 0.1) is 0 Å². The highest BCUT2D eigenvalue weighted by atomic mass is 35.5. The van der Waals surface area contributed by atoms with Gasteiger partial charge in [-0.1, -0.05) is 48.5 Å². The number of anilines is 1. The number of ether oxygens (including phenoxy) is 1. The molecular weight excluding hydrogens is 258 g/mol. The molecule has 0 radical (unpaired) electrons. The fourth-order valence-electron chi connectivity index (χ4n) is 2.44. The van der Waals surface area contributed by atoms with Crippen LogP contribution in [0.3, 0.4) is 0 Å². The molecule has 1 saturated heterocycles. The van der Waals surface area contributed by atoms with Gasteiger partial charge in [-0.2, -0.15) is 0 Å². The van der Waals surface area contributed by atoms with Crippen LogP contribution in [-0.2, 0) is 4.74 Å². The van der Waals surface area contributed by atoms with Gasteiger partial charge in [-0.15, -0.1) is 11.6 Å². The van der Waals surface area contributed by atoms with Crippen molar-refractivity contribution in [2.24, 2.45) is 0 Å². The third kappa shape index (κ3) is 2.60. The first-order valence-corrected chi connectivity index (χ1v) is 7.00. The highest BCUT2D eigenvalue weighted by Crippen LogP contribution is 2.34. The summed E-state index contributed by atoms with van der Waals surface area (Å²) < 4.78 is 6.06. The van der Waals surface area contributed by atoms with Crippen molar-refractivity contribution in [1.29, 1.82) is 0 Å². The lowest BCUT2D eigenvalue weighted by Crippen LogP contribution is -2.24. The van der Waals surface area contributed by atoms with Gasteiger partial charge in [-0.3, -0.25) is 0 Å². The molecule has 0 spiro atoms. The van der Waals surface area contributed by atoms with Gasteiger partial charge in [0.2, 0.25) is 0 Å². The lowest BCUT2D eigenvalue weighted by atomic mass is 10.1. The second-order valence-corrected chi connectivity index (χ2v) is 4.97. The average molecular weight is 274 g/mol. The molecule has 2 aromatic carbocycles. The van der Waals surface area contributed by atoms with E-state index in [9.17, 15) is 0 Å². The van der Waals surface area contributed by atoms with Crippen LogP contribution in [0.1, 0.15) is 11.8 Å². The van der Waals surface area contributed by atoms with Crippen molar-refractivity contribution in [3.05, 3.63) is 66.2 Å². The number of nitrogens with zero attached hydrogens (tertiary/aromatic N) is 1. The smallest absolute Gasteiger partial charge is 0.157 e. The second-order valence-electron chi connectivity index (χ2n) is 4.66. The molecule has 0 amide bonds. The maximum absolute atomic E-state index is 6.06. The zero-order valence-corrected chi connectivity index (χ0v) is 11.3. The minimum Gasteiger partial charge on any atom is -0.348 e.